The van der Waals surface area contributed by atoms with E-state index in [1.807, 2.05) is 6.92 Å². The zero-order chi connectivity index (χ0) is 18.1. The summed E-state index contributed by atoms with van der Waals surface area (Å²) in [5.74, 6) is 1.37. The molecule has 0 saturated carbocycles. The van der Waals surface area contributed by atoms with Crippen molar-refractivity contribution in [2.24, 2.45) is 0 Å². The molecule has 25 heavy (non-hydrogen) atoms. The van der Waals surface area contributed by atoms with Gasteiger partial charge in [-0.15, -0.1) is 5.10 Å². The lowest BCUT2D eigenvalue weighted by molar-refractivity contribution is -0.118. The number of nitrogens with one attached hydrogen (secondary N) is 2. The zero-order valence-corrected chi connectivity index (χ0v) is 15.7. The molecule has 0 aliphatic carbocycles. The van der Waals surface area contributed by atoms with Gasteiger partial charge in [0.1, 0.15) is 5.75 Å². The van der Waals surface area contributed by atoms with Crippen molar-refractivity contribution in [3.63, 3.8) is 0 Å². The molecule has 0 radical (unpaired) electrons. The van der Waals surface area contributed by atoms with Crippen LogP contribution >= 0.6 is 23.4 Å². The number of carbonyl (C=O) groups excluding carboxylic acids is 1. The molecule has 2 N–H and O–H groups in total. The van der Waals surface area contributed by atoms with Gasteiger partial charge in [0.25, 0.3) is 0 Å². The number of benzene rings is 1. The summed E-state index contributed by atoms with van der Waals surface area (Å²) in [5.41, 5.74) is 0.717. The minimum Gasteiger partial charge on any atom is -0.496 e. The molecule has 0 spiro atoms. The summed E-state index contributed by atoms with van der Waals surface area (Å²) in [4.78, 5) is 16.2. The highest BCUT2D eigenvalue weighted by Gasteiger charge is 2.13. The van der Waals surface area contributed by atoms with E-state index in [4.69, 9.17) is 21.1 Å². The van der Waals surface area contributed by atoms with Gasteiger partial charge >= 0.3 is 0 Å². The van der Waals surface area contributed by atoms with Gasteiger partial charge in [0.2, 0.25) is 11.1 Å². The van der Waals surface area contributed by atoms with E-state index in [1.165, 1.54) is 11.8 Å². The molecule has 2 aromatic rings. The van der Waals surface area contributed by atoms with E-state index in [1.54, 1.807) is 25.3 Å². The van der Waals surface area contributed by atoms with Gasteiger partial charge < -0.3 is 14.8 Å². The maximum absolute atomic E-state index is 11.8. The van der Waals surface area contributed by atoms with Crippen LogP contribution in [0.5, 0.6) is 5.75 Å². The van der Waals surface area contributed by atoms with Crippen LogP contribution in [-0.4, -0.2) is 53.7 Å². The van der Waals surface area contributed by atoms with Crippen molar-refractivity contribution in [2.75, 3.05) is 32.6 Å². The fourth-order valence-electron chi connectivity index (χ4n) is 2.02. The first kappa shape index (κ1) is 19.6. The molecule has 7 nitrogen and oxygen atoms in total. The third-order valence-corrected chi connectivity index (χ3v) is 4.29. The second kappa shape index (κ2) is 10.3. The Morgan fingerprint density at radius 1 is 1.44 bits per heavy atom. The van der Waals surface area contributed by atoms with Gasteiger partial charge in [-0.2, -0.15) is 0 Å². The number of halogens is 1. The molecule has 0 aliphatic rings. The smallest absolute Gasteiger partial charge is 0.230 e. The normalized spacial score (nSPS) is 10.7. The van der Waals surface area contributed by atoms with E-state index in [0.29, 0.717) is 41.5 Å². The van der Waals surface area contributed by atoms with Crippen LogP contribution in [0.15, 0.2) is 23.4 Å². The second-order valence-corrected chi connectivity index (χ2v) is 6.38. The molecular weight excluding hydrogens is 364 g/mol. The first-order valence-corrected chi connectivity index (χ1v) is 9.24. The Morgan fingerprint density at radius 3 is 3.04 bits per heavy atom. The SMILES string of the molecule is CCOCCCNC(=O)CSc1n[nH]c(-c2cc(Cl)ccc2OC)n1. The molecule has 1 aromatic carbocycles. The van der Waals surface area contributed by atoms with Crippen LogP contribution in [0, 0.1) is 0 Å². The molecule has 0 unspecified atom stereocenters. The number of rotatable bonds is 10. The van der Waals surface area contributed by atoms with Crippen LogP contribution in [0.25, 0.3) is 11.4 Å². The average molecular weight is 385 g/mol. The lowest BCUT2D eigenvalue weighted by atomic mass is 10.2. The highest BCUT2D eigenvalue weighted by Crippen LogP contribution is 2.31. The van der Waals surface area contributed by atoms with Gasteiger partial charge in [0, 0.05) is 24.8 Å². The average Bonchev–Trinajstić information content (AvgIpc) is 3.08. The fourth-order valence-corrected chi connectivity index (χ4v) is 2.82. The van der Waals surface area contributed by atoms with Crippen LogP contribution in [0.3, 0.4) is 0 Å². The number of H-pyrrole nitrogens is 1. The van der Waals surface area contributed by atoms with Crippen molar-refractivity contribution in [3.05, 3.63) is 23.2 Å². The molecule has 0 atom stereocenters. The van der Waals surface area contributed by atoms with Crippen LogP contribution in [0.2, 0.25) is 5.02 Å². The Bertz CT molecular complexity index is 696. The van der Waals surface area contributed by atoms with E-state index in [9.17, 15) is 4.79 Å². The Balaban J connectivity index is 1.85. The van der Waals surface area contributed by atoms with Gasteiger partial charge in [-0.05, 0) is 31.5 Å². The highest BCUT2D eigenvalue weighted by atomic mass is 35.5. The maximum atomic E-state index is 11.8. The number of aromatic nitrogens is 3. The number of hydrogen-bond donors (Lipinski definition) is 2. The summed E-state index contributed by atoms with van der Waals surface area (Å²) >= 11 is 7.29. The maximum Gasteiger partial charge on any atom is 0.230 e. The molecule has 0 fully saturated rings. The summed E-state index contributed by atoms with van der Waals surface area (Å²) < 4.78 is 10.5. The Kier molecular flexibility index (Phi) is 8.03. The number of amides is 1. The molecular formula is C16H21ClN4O3S. The van der Waals surface area contributed by atoms with E-state index in [2.05, 4.69) is 20.5 Å². The van der Waals surface area contributed by atoms with Gasteiger partial charge in [0.15, 0.2) is 5.82 Å². The minimum atomic E-state index is -0.0619. The summed E-state index contributed by atoms with van der Waals surface area (Å²) in [5, 5.41) is 10.9. The summed E-state index contributed by atoms with van der Waals surface area (Å²) in [6.45, 7) is 3.88. The van der Waals surface area contributed by atoms with Crippen LogP contribution in [-0.2, 0) is 9.53 Å². The molecule has 136 valence electrons. The predicted molar refractivity (Wildman–Crippen MR) is 98.2 cm³/mol. The first-order chi connectivity index (χ1) is 12.1. The number of aromatic amines is 1. The molecule has 1 aromatic heterocycles. The fraction of sp³-hybridized carbons (Fsp3) is 0.438. The van der Waals surface area contributed by atoms with Crippen molar-refractivity contribution in [3.8, 4) is 17.1 Å². The summed E-state index contributed by atoms with van der Waals surface area (Å²) in [7, 11) is 1.58. The lowest BCUT2D eigenvalue weighted by Crippen LogP contribution is -2.26. The third kappa shape index (κ3) is 6.22. The topological polar surface area (TPSA) is 89.1 Å². The number of thioether (sulfide) groups is 1. The molecule has 0 bridgehead atoms. The Hall–Kier alpha value is -1.77. The van der Waals surface area contributed by atoms with E-state index < -0.39 is 0 Å². The zero-order valence-electron chi connectivity index (χ0n) is 14.2. The standard InChI is InChI=1S/C16H21ClN4O3S/c1-3-24-8-4-7-18-14(22)10-25-16-19-15(20-21-16)12-9-11(17)5-6-13(12)23-2/h5-6,9H,3-4,7-8,10H2,1-2H3,(H,18,22)(H,19,20,21). The quantitative estimate of drug-likeness (QED) is 0.483. The van der Waals surface area contributed by atoms with Crippen LogP contribution < -0.4 is 10.1 Å². The molecule has 9 heteroatoms. The molecule has 0 aliphatic heterocycles. The van der Waals surface area contributed by atoms with E-state index in [-0.39, 0.29) is 11.7 Å². The van der Waals surface area contributed by atoms with Gasteiger partial charge in [0.05, 0.1) is 18.4 Å². The summed E-state index contributed by atoms with van der Waals surface area (Å²) in [6.07, 6.45) is 0.795. The largest absolute Gasteiger partial charge is 0.496 e. The summed E-state index contributed by atoms with van der Waals surface area (Å²) in [6, 6.07) is 5.26. The number of ether oxygens (including phenoxy) is 2. The minimum absolute atomic E-state index is 0.0619. The van der Waals surface area contributed by atoms with Gasteiger partial charge in [-0.3, -0.25) is 9.89 Å². The van der Waals surface area contributed by atoms with Crippen molar-refractivity contribution in [1.29, 1.82) is 0 Å². The van der Waals surface area contributed by atoms with Crippen molar-refractivity contribution < 1.29 is 14.3 Å². The molecule has 1 heterocycles. The number of methoxy groups -OCH3 is 1. The molecule has 0 saturated heterocycles. The Morgan fingerprint density at radius 2 is 2.28 bits per heavy atom. The molecule has 1 amide bonds. The number of nitrogens with zero attached hydrogens (tertiary/aromatic N) is 2. The number of hydrogen-bond acceptors (Lipinski definition) is 6. The van der Waals surface area contributed by atoms with Gasteiger partial charge in [-0.1, -0.05) is 23.4 Å². The monoisotopic (exact) mass is 384 g/mol. The van der Waals surface area contributed by atoms with Crippen LogP contribution in [0.4, 0.5) is 0 Å². The molecule has 2 rings (SSSR count). The van der Waals surface area contributed by atoms with Crippen molar-refractivity contribution >= 4 is 29.3 Å². The third-order valence-electron chi connectivity index (χ3n) is 3.21. The van der Waals surface area contributed by atoms with Gasteiger partial charge in [-0.25, -0.2) is 4.98 Å². The highest BCUT2D eigenvalue weighted by molar-refractivity contribution is 7.99. The second-order valence-electron chi connectivity index (χ2n) is 5.00. The van der Waals surface area contributed by atoms with E-state index in [0.717, 1.165) is 12.0 Å². The first-order valence-electron chi connectivity index (χ1n) is 7.87. The Labute approximate surface area is 155 Å². The van der Waals surface area contributed by atoms with Crippen LogP contribution in [0.1, 0.15) is 13.3 Å². The van der Waals surface area contributed by atoms with E-state index >= 15 is 0 Å². The number of carbonyl (C=O) groups is 1. The van der Waals surface area contributed by atoms with Crippen molar-refractivity contribution in [1.82, 2.24) is 20.5 Å². The van der Waals surface area contributed by atoms with Crippen molar-refractivity contribution in [2.45, 2.75) is 18.5 Å². The lowest BCUT2D eigenvalue weighted by Gasteiger charge is -2.05. The predicted octanol–water partition coefficient (Wildman–Crippen LogP) is 2.77.